The second-order valence-corrected chi connectivity index (χ2v) is 8.75. The van der Waals surface area contributed by atoms with Gasteiger partial charge in [-0.2, -0.15) is 5.10 Å². The summed E-state index contributed by atoms with van der Waals surface area (Å²) in [5.74, 6) is -1.86. The molecular formula is C25H28F3N5O. The minimum Gasteiger partial charge on any atom is -0.342 e. The Bertz CT molecular complexity index is 1200. The smallest absolute Gasteiger partial charge is 0.257 e. The van der Waals surface area contributed by atoms with Crippen LogP contribution in [0.1, 0.15) is 52.6 Å². The van der Waals surface area contributed by atoms with E-state index in [0.717, 1.165) is 37.0 Å². The Labute approximate surface area is 196 Å². The molecule has 0 aliphatic carbocycles. The van der Waals surface area contributed by atoms with Crippen LogP contribution in [0.5, 0.6) is 0 Å². The van der Waals surface area contributed by atoms with E-state index in [-0.39, 0.29) is 29.5 Å². The van der Waals surface area contributed by atoms with Crippen LogP contribution in [0, 0.1) is 31.3 Å². The van der Waals surface area contributed by atoms with Crippen molar-refractivity contribution in [2.24, 2.45) is 0 Å². The largest absolute Gasteiger partial charge is 0.342 e. The summed E-state index contributed by atoms with van der Waals surface area (Å²) in [7, 11) is 1.73. The normalized spacial score (nSPS) is 17.8. The van der Waals surface area contributed by atoms with E-state index in [1.54, 1.807) is 31.9 Å². The monoisotopic (exact) mass is 471 g/mol. The van der Waals surface area contributed by atoms with Crippen molar-refractivity contribution in [3.63, 3.8) is 0 Å². The quantitative estimate of drug-likeness (QED) is 0.537. The number of carbonyl (C=O) groups is 1. The second kappa shape index (κ2) is 9.99. The molecule has 9 heteroatoms. The predicted octanol–water partition coefficient (Wildman–Crippen LogP) is 4.37. The van der Waals surface area contributed by atoms with Crippen LogP contribution in [-0.4, -0.2) is 40.2 Å². The average molecular weight is 472 g/mol. The summed E-state index contributed by atoms with van der Waals surface area (Å²) in [4.78, 5) is 14.8. The lowest BCUT2D eigenvalue weighted by Crippen LogP contribution is -2.32. The molecule has 1 fully saturated rings. The van der Waals surface area contributed by atoms with Gasteiger partial charge in [-0.3, -0.25) is 15.6 Å². The summed E-state index contributed by atoms with van der Waals surface area (Å²) >= 11 is 0. The molecule has 1 saturated heterocycles. The summed E-state index contributed by atoms with van der Waals surface area (Å²) in [6.45, 7) is 3.94. The number of rotatable bonds is 7. The number of aryl methyl sites for hydroxylation is 1. The molecule has 4 rings (SSSR count). The Morgan fingerprint density at radius 3 is 2.62 bits per heavy atom. The van der Waals surface area contributed by atoms with Crippen LogP contribution < -0.4 is 10.9 Å². The maximum Gasteiger partial charge on any atom is 0.257 e. The molecule has 0 bridgehead atoms. The van der Waals surface area contributed by atoms with Gasteiger partial charge in [0.15, 0.2) is 5.82 Å². The molecule has 2 atom stereocenters. The highest BCUT2D eigenvalue weighted by molar-refractivity contribution is 5.96. The van der Waals surface area contributed by atoms with Gasteiger partial charge in [-0.05, 0) is 62.9 Å². The van der Waals surface area contributed by atoms with E-state index in [9.17, 15) is 18.0 Å². The lowest BCUT2D eigenvalue weighted by atomic mass is 9.99. The zero-order valence-electron chi connectivity index (χ0n) is 19.4. The Balaban J connectivity index is 1.35. The SMILES string of the molecule is Cc1nn(-c2ccc(F)cc2F)c(C)c1C(=O)N(C)CCCC1CC(c2cccc(F)c2)NN1. The summed E-state index contributed by atoms with van der Waals surface area (Å²) in [6.07, 6.45) is 2.44. The Hall–Kier alpha value is -3.17. The van der Waals surface area contributed by atoms with Gasteiger partial charge in [0.1, 0.15) is 17.3 Å². The molecule has 1 aliphatic rings. The molecule has 0 radical (unpaired) electrons. The minimum atomic E-state index is -0.743. The molecule has 2 N–H and O–H groups in total. The summed E-state index contributed by atoms with van der Waals surface area (Å²) in [5, 5.41) is 4.32. The topological polar surface area (TPSA) is 62.2 Å². The first-order valence-electron chi connectivity index (χ1n) is 11.3. The first kappa shape index (κ1) is 24.0. The molecule has 180 valence electrons. The van der Waals surface area contributed by atoms with Crippen LogP contribution in [0.4, 0.5) is 13.2 Å². The van der Waals surface area contributed by atoms with Crippen LogP contribution in [0.15, 0.2) is 42.5 Å². The van der Waals surface area contributed by atoms with E-state index >= 15 is 0 Å². The van der Waals surface area contributed by atoms with E-state index in [1.807, 2.05) is 6.07 Å². The summed E-state index contributed by atoms with van der Waals surface area (Å²) in [5.41, 5.74) is 8.87. The number of halogens is 3. The van der Waals surface area contributed by atoms with Gasteiger partial charge in [0.05, 0.1) is 17.0 Å². The van der Waals surface area contributed by atoms with Crippen molar-refractivity contribution < 1.29 is 18.0 Å². The van der Waals surface area contributed by atoms with Crippen LogP contribution in [0.25, 0.3) is 5.69 Å². The average Bonchev–Trinajstić information content (AvgIpc) is 3.37. The fourth-order valence-corrected chi connectivity index (χ4v) is 4.46. The van der Waals surface area contributed by atoms with Gasteiger partial charge in [-0.15, -0.1) is 0 Å². The lowest BCUT2D eigenvalue weighted by molar-refractivity contribution is 0.0790. The Morgan fingerprint density at radius 1 is 1.12 bits per heavy atom. The minimum absolute atomic E-state index is 0.0445. The van der Waals surface area contributed by atoms with Gasteiger partial charge in [0.25, 0.3) is 5.91 Å². The van der Waals surface area contributed by atoms with Gasteiger partial charge in [-0.1, -0.05) is 12.1 Å². The molecule has 1 aromatic heterocycles. The van der Waals surface area contributed by atoms with E-state index in [0.29, 0.717) is 23.5 Å². The van der Waals surface area contributed by atoms with Gasteiger partial charge in [-0.25, -0.2) is 17.9 Å². The molecule has 0 saturated carbocycles. The van der Waals surface area contributed by atoms with Gasteiger partial charge >= 0.3 is 0 Å². The third-order valence-electron chi connectivity index (χ3n) is 6.27. The zero-order valence-corrected chi connectivity index (χ0v) is 19.4. The summed E-state index contributed by atoms with van der Waals surface area (Å²) < 4.78 is 42.4. The number of nitrogens with zero attached hydrogens (tertiary/aromatic N) is 3. The standard InChI is InChI=1S/C25H28F3N5O/c1-15-24(16(2)33(31-15)23-10-9-19(27)13-21(23)28)25(34)32(3)11-5-8-20-14-22(30-29-20)17-6-4-7-18(26)12-17/h4,6-7,9-10,12-13,20,22,29-30H,5,8,11,14H2,1-3H3. The number of hydrogen-bond acceptors (Lipinski definition) is 4. The molecule has 0 spiro atoms. The van der Waals surface area contributed by atoms with Gasteiger partial charge in [0.2, 0.25) is 0 Å². The lowest BCUT2D eigenvalue weighted by Gasteiger charge is -2.18. The van der Waals surface area contributed by atoms with Crippen molar-refractivity contribution in [1.29, 1.82) is 0 Å². The maximum atomic E-state index is 14.3. The molecule has 1 amide bonds. The van der Waals surface area contributed by atoms with Crippen molar-refractivity contribution in [1.82, 2.24) is 25.5 Å². The first-order chi connectivity index (χ1) is 16.2. The molecule has 2 aromatic carbocycles. The van der Waals surface area contributed by atoms with Crippen molar-refractivity contribution in [2.45, 2.75) is 45.2 Å². The number of aromatic nitrogens is 2. The summed E-state index contributed by atoms with van der Waals surface area (Å²) in [6, 6.07) is 10.1. The number of hydrazine groups is 1. The third-order valence-corrected chi connectivity index (χ3v) is 6.27. The van der Waals surface area contributed by atoms with Crippen LogP contribution in [-0.2, 0) is 0 Å². The number of hydrogen-bond donors (Lipinski definition) is 2. The number of amides is 1. The molecule has 2 unspecified atom stereocenters. The molecular weight excluding hydrogens is 443 g/mol. The van der Waals surface area contributed by atoms with E-state index in [4.69, 9.17) is 0 Å². The highest BCUT2D eigenvalue weighted by Gasteiger charge is 2.26. The van der Waals surface area contributed by atoms with Crippen LogP contribution >= 0.6 is 0 Å². The zero-order chi connectivity index (χ0) is 24.4. The van der Waals surface area contributed by atoms with Gasteiger partial charge < -0.3 is 4.90 Å². The molecule has 3 aromatic rings. The van der Waals surface area contributed by atoms with E-state index < -0.39 is 11.6 Å². The molecule has 1 aliphatic heterocycles. The predicted molar refractivity (Wildman–Crippen MR) is 123 cm³/mol. The van der Waals surface area contributed by atoms with Crippen LogP contribution in [0.3, 0.4) is 0 Å². The highest BCUT2D eigenvalue weighted by Crippen LogP contribution is 2.25. The van der Waals surface area contributed by atoms with Crippen molar-refractivity contribution in [3.8, 4) is 5.69 Å². The Kier molecular flexibility index (Phi) is 7.04. The fraction of sp³-hybridized carbons (Fsp3) is 0.360. The van der Waals surface area contributed by atoms with Crippen molar-refractivity contribution in [2.75, 3.05) is 13.6 Å². The highest BCUT2D eigenvalue weighted by atomic mass is 19.1. The second-order valence-electron chi connectivity index (χ2n) is 8.75. The Morgan fingerprint density at radius 2 is 1.88 bits per heavy atom. The van der Waals surface area contributed by atoms with Crippen molar-refractivity contribution >= 4 is 5.91 Å². The molecule has 2 heterocycles. The molecule has 6 nitrogen and oxygen atoms in total. The first-order valence-corrected chi connectivity index (χ1v) is 11.3. The number of nitrogens with one attached hydrogen (secondary N) is 2. The third kappa shape index (κ3) is 5.00. The van der Waals surface area contributed by atoms with E-state index in [1.165, 1.54) is 22.9 Å². The molecule has 34 heavy (non-hydrogen) atoms. The number of carbonyl (C=O) groups excluding carboxylic acids is 1. The maximum absolute atomic E-state index is 14.3. The number of benzene rings is 2. The van der Waals surface area contributed by atoms with Crippen LogP contribution in [0.2, 0.25) is 0 Å². The van der Waals surface area contributed by atoms with Gasteiger partial charge in [0, 0.05) is 31.7 Å². The van der Waals surface area contributed by atoms with E-state index in [2.05, 4.69) is 16.0 Å². The van der Waals surface area contributed by atoms with Crippen molar-refractivity contribution in [3.05, 3.63) is 82.4 Å². The fourth-order valence-electron chi connectivity index (χ4n) is 4.46.